The standard InChI is InChI=1S/C7H9NO4/c1-2-11-6-4-12-5(8-6)3-7(9)10/h4H,2-3H2,1H3,(H,9,10). The molecular formula is C7H9NO4. The molecule has 1 rings (SSSR count). The molecule has 5 nitrogen and oxygen atoms in total. The van der Waals surface area contributed by atoms with Crippen molar-refractivity contribution in [3.8, 4) is 5.88 Å². The molecule has 0 amide bonds. The minimum atomic E-state index is -0.972. The van der Waals surface area contributed by atoms with Crippen LogP contribution in [0, 0.1) is 0 Å². The molecule has 1 N–H and O–H groups in total. The summed E-state index contributed by atoms with van der Waals surface area (Å²) in [5, 5.41) is 8.37. The predicted octanol–water partition coefficient (Wildman–Crippen LogP) is 0.700. The number of aromatic nitrogens is 1. The lowest BCUT2D eigenvalue weighted by Crippen LogP contribution is -2.00. The summed E-state index contributed by atoms with van der Waals surface area (Å²) in [7, 11) is 0. The van der Waals surface area contributed by atoms with Gasteiger partial charge in [0.2, 0.25) is 5.89 Å². The monoisotopic (exact) mass is 171 g/mol. The van der Waals surface area contributed by atoms with Crippen molar-refractivity contribution < 1.29 is 19.1 Å². The van der Waals surface area contributed by atoms with Gasteiger partial charge in [0.15, 0.2) is 6.26 Å². The zero-order chi connectivity index (χ0) is 8.97. The molecule has 5 heteroatoms. The number of ether oxygens (including phenoxy) is 1. The molecule has 1 aromatic heterocycles. The van der Waals surface area contributed by atoms with E-state index in [-0.39, 0.29) is 12.3 Å². The number of carbonyl (C=O) groups is 1. The van der Waals surface area contributed by atoms with E-state index in [2.05, 4.69) is 4.98 Å². The largest absolute Gasteiger partial charge is 0.481 e. The molecule has 0 aliphatic rings. The number of hydrogen-bond donors (Lipinski definition) is 1. The van der Waals surface area contributed by atoms with Gasteiger partial charge in [0.05, 0.1) is 6.61 Å². The predicted molar refractivity (Wildman–Crippen MR) is 39.0 cm³/mol. The number of hydrogen-bond acceptors (Lipinski definition) is 4. The molecule has 0 saturated heterocycles. The SMILES string of the molecule is CCOc1coc(CC(=O)O)n1. The summed E-state index contributed by atoms with van der Waals surface area (Å²) in [6, 6.07) is 0. The summed E-state index contributed by atoms with van der Waals surface area (Å²) < 4.78 is 9.78. The maximum atomic E-state index is 10.2. The Hall–Kier alpha value is -1.52. The van der Waals surface area contributed by atoms with Crippen molar-refractivity contribution in [2.24, 2.45) is 0 Å². The fourth-order valence-electron chi connectivity index (χ4n) is 0.719. The van der Waals surface area contributed by atoms with Gasteiger partial charge in [-0.05, 0) is 6.92 Å². The molecule has 0 spiro atoms. The third kappa shape index (κ3) is 2.26. The first-order chi connectivity index (χ1) is 5.72. The third-order valence-electron chi connectivity index (χ3n) is 1.13. The zero-order valence-electron chi connectivity index (χ0n) is 6.61. The molecule has 0 unspecified atom stereocenters. The lowest BCUT2D eigenvalue weighted by atomic mass is 10.4. The first kappa shape index (κ1) is 8.58. The number of oxazole rings is 1. The van der Waals surface area contributed by atoms with Crippen molar-refractivity contribution in [2.45, 2.75) is 13.3 Å². The molecule has 0 radical (unpaired) electrons. The van der Waals surface area contributed by atoms with Gasteiger partial charge in [-0.2, -0.15) is 4.98 Å². The van der Waals surface area contributed by atoms with Crippen LogP contribution >= 0.6 is 0 Å². The van der Waals surface area contributed by atoms with Gasteiger partial charge in [0, 0.05) is 0 Å². The van der Waals surface area contributed by atoms with Gasteiger partial charge in [0.1, 0.15) is 6.42 Å². The average Bonchev–Trinajstić information content (AvgIpc) is 2.36. The van der Waals surface area contributed by atoms with Crippen LogP contribution in [0.2, 0.25) is 0 Å². The molecule has 0 bridgehead atoms. The molecular weight excluding hydrogens is 162 g/mol. The number of aliphatic carboxylic acids is 1. The van der Waals surface area contributed by atoms with E-state index in [1.54, 1.807) is 0 Å². The van der Waals surface area contributed by atoms with Crippen LogP contribution in [0.3, 0.4) is 0 Å². The summed E-state index contributed by atoms with van der Waals surface area (Å²) >= 11 is 0. The summed E-state index contributed by atoms with van der Waals surface area (Å²) in [6.07, 6.45) is 1.08. The second kappa shape index (κ2) is 3.75. The first-order valence-electron chi connectivity index (χ1n) is 3.51. The van der Waals surface area contributed by atoms with Crippen molar-refractivity contribution >= 4 is 5.97 Å². The molecule has 0 fully saturated rings. The van der Waals surface area contributed by atoms with E-state index < -0.39 is 5.97 Å². The van der Waals surface area contributed by atoms with Crippen LogP contribution in [0.15, 0.2) is 10.7 Å². The van der Waals surface area contributed by atoms with Crippen LogP contribution in [0.4, 0.5) is 0 Å². The Morgan fingerprint density at radius 1 is 1.83 bits per heavy atom. The maximum absolute atomic E-state index is 10.2. The Morgan fingerprint density at radius 2 is 2.58 bits per heavy atom. The zero-order valence-corrected chi connectivity index (χ0v) is 6.61. The molecule has 0 aliphatic carbocycles. The van der Waals surface area contributed by atoms with E-state index in [9.17, 15) is 4.79 Å². The van der Waals surface area contributed by atoms with Crippen molar-refractivity contribution in [2.75, 3.05) is 6.61 Å². The molecule has 66 valence electrons. The highest BCUT2D eigenvalue weighted by Crippen LogP contribution is 2.09. The van der Waals surface area contributed by atoms with Crippen molar-refractivity contribution in [1.29, 1.82) is 0 Å². The number of carboxylic acid groups (broad SMARTS) is 1. The fraction of sp³-hybridized carbons (Fsp3) is 0.429. The van der Waals surface area contributed by atoms with Gasteiger partial charge in [-0.1, -0.05) is 0 Å². The second-order valence-corrected chi connectivity index (χ2v) is 2.08. The fourth-order valence-corrected chi connectivity index (χ4v) is 0.719. The van der Waals surface area contributed by atoms with Crippen LogP contribution in [0.1, 0.15) is 12.8 Å². The van der Waals surface area contributed by atoms with Gasteiger partial charge >= 0.3 is 5.97 Å². The molecule has 0 aliphatic heterocycles. The maximum Gasteiger partial charge on any atom is 0.312 e. The van der Waals surface area contributed by atoms with Crippen molar-refractivity contribution in [3.63, 3.8) is 0 Å². The highest BCUT2D eigenvalue weighted by Gasteiger charge is 2.07. The molecule has 0 aromatic carbocycles. The minimum absolute atomic E-state index is 0.158. The summed E-state index contributed by atoms with van der Waals surface area (Å²) in [5.41, 5.74) is 0. The Kier molecular flexibility index (Phi) is 2.68. The van der Waals surface area contributed by atoms with Crippen molar-refractivity contribution in [3.05, 3.63) is 12.2 Å². The summed E-state index contributed by atoms with van der Waals surface area (Å²) in [5.74, 6) is -0.486. The number of carboxylic acids is 1. The highest BCUT2D eigenvalue weighted by atomic mass is 16.5. The third-order valence-corrected chi connectivity index (χ3v) is 1.13. The normalized spacial score (nSPS) is 9.75. The lowest BCUT2D eigenvalue weighted by Gasteiger charge is -1.92. The van der Waals surface area contributed by atoms with Gasteiger partial charge < -0.3 is 14.3 Å². The Morgan fingerprint density at radius 3 is 3.17 bits per heavy atom. The van der Waals surface area contributed by atoms with Crippen LogP contribution in [0.25, 0.3) is 0 Å². The number of rotatable bonds is 4. The quantitative estimate of drug-likeness (QED) is 0.721. The summed E-state index contributed by atoms with van der Waals surface area (Å²) in [6.45, 7) is 2.30. The lowest BCUT2D eigenvalue weighted by molar-refractivity contribution is -0.136. The molecule has 12 heavy (non-hydrogen) atoms. The number of nitrogens with zero attached hydrogens (tertiary/aromatic N) is 1. The molecule has 1 heterocycles. The van der Waals surface area contributed by atoms with E-state index in [4.69, 9.17) is 14.3 Å². The van der Waals surface area contributed by atoms with Crippen LogP contribution in [-0.2, 0) is 11.2 Å². The van der Waals surface area contributed by atoms with Gasteiger partial charge in [-0.25, -0.2) is 0 Å². The Labute approximate surface area is 69.0 Å². The van der Waals surface area contributed by atoms with Crippen molar-refractivity contribution in [1.82, 2.24) is 4.98 Å². The van der Waals surface area contributed by atoms with Crippen LogP contribution < -0.4 is 4.74 Å². The van der Waals surface area contributed by atoms with E-state index in [0.717, 1.165) is 0 Å². The van der Waals surface area contributed by atoms with Gasteiger partial charge in [-0.3, -0.25) is 4.79 Å². The van der Waals surface area contributed by atoms with Gasteiger partial charge in [0.25, 0.3) is 5.88 Å². The first-order valence-corrected chi connectivity index (χ1v) is 3.51. The smallest absolute Gasteiger partial charge is 0.312 e. The van der Waals surface area contributed by atoms with E-state index >= 15 is 0 Å². The highest BCUT2D eigenvalue weighted by molar-refractivity contribution is 5.68. The van der Waals surface area contributed by atoms with E-state index in [0.29, 0.717) is 12.5 Å². The van der Waals surface area contributed by atoms with E-state index in [1.165, 1.54) is 6.26 Å². The average molecular weight is 171 g/mol. The topological polar surface area (TPSA) is 72.6 Å². The minimum Gasteiger partial charge on any atom is -0.481 e. The van der Waals surface area contributed by atoms with E-state index in [1.807, 2.05) is 6.92 Å². The second-order valence-electron chi connectivity index (χ2n) is 2.08. The van der Waals surface area contributed by atoms with Crippen LogP contribution in [-0.4, -0.2) is 22.7 Å². The Bertz CT molecular complexity index is 268. The summed E-state index contributed by atoms with van der Waals surface area (Å²) in [4.78, 5) is 14.0. The Balaban J connectivity index is 2.58. The molecule has 1 aromatic rings. The van der Waals surface area contributed by atoms with Crippen LogP contribution in [0.5, 0.6) is 5.88 Å². The molecule has 0 atom stereocenters. The van der Waals surface area contributed by atoms with Gasteiger partial charge in [-0.15, -0.1) is 0 Å². The molecule has 0 saturated carbocycles.